The third kappa shape index (κ3) is 5.24. The predicted molar refractivity (Wildman–Crippen MR) is 99.5 cm³/mol. The van der Waals surface area contributed by atoms with Gasteiger partial charge in [-0.2, -0.15) is 5.10 Å². The molecule has 25 heavy (non-hydrogen) atoms. The van der Waals surface area contributed by atoms with Gasteiger partial charge >= 0.3 is 0 Å². The fourth-order valence-electron chi connectivity index (χ4n) is 2.24. The molecule has 0 aliphatic carbocycles. The number of hydrogen-bond acceptors (Lipinski definition) is 5. The Balaban J connectivity index is 1.95. The van der Waals surface area contributed by atoms with E-state index in [9.17, 15) is 4.79 Å². The Morgan fingerprint density at radius 3 is 2.64 bits per heavy atom. The van der Waals surface area contributed by atoms with Crippen molar-refractivity contribution in [1.29, 1.82) is 0 Å². The number of nitrogens with one attached hydrogen (secondary N) is 2. The smallest absolute Gasteiger partial charge is 0.262 e. The topological polar surface area (TPSA) is 72.0 Å². The maximum atomic E-state index is 12.1. The lowest BCUT2D eigenvalue weighted by atomic mass is 10.2. The normalized spacial score (nSPS) is 11.8. The third-order valence-electron chi connectivity index (χ3n) is 3.61. The van der Waals surface area contributed by atoms with Gasteiger partial charge in [0.1, 0.15) is 17.5 Å². The van der Waals surface area contributed by atoms with Crippen molar-refractivity contribution in [3.63, 3.8) is 0 Å². The molecule has 0 heterocycles. The molecule has 0 fully saturated rings. The van der Waals surface area contributed by atoms with Gasteiger partial charge in [0.25, 0.3) is 5.91 Å². The lowest BCUT2D eigenvalue weighted by Gasteiger charge is -2.13. The molecule has 0 aliphatic rings. The van der Waals surface area contributed by atoms with E-state index >= 15 is 0 Å². The quantitative estimate of drug-likeness (QED) is 0.600. The number of aryl methyl sites for hydroxylation is 1. The minimum Gasteiger partial charge on any atom is -0.497 e. The summed E-state index contributed by atoms with van der Waals surface area (Å²) in [4.78, 5) is 12.1. The summed E-state index contributed by atoms with van der Waals surface area (Å²) >= 11 is 0. The van der Waals surface area contributed by atoms with Crippen LogP contribution < -0.4 is 20.2 Å². The molecule has 1 atom stereocenters. The Morgan fingerprint density at radius 1 is 1.16 bits per heavy atom. The minimum atomic E-state index is -0.420. The lowest BCUT2D eigenvalue weighted by molar-refractivity contribution is -0.121. The number of amides is 1. The number of rotatable bonds is 7. The number of hydrogen-bond donors (Lipinski definition) is 2. The summed E-state index contributed by atoms with van der Waals surface area (Å²) in [5, 5.41) is 7.14. The van der Waals surface area contributed by atoms with E-state index in [0.717, 1.165) is 16.8 Å². The Labute approximate surface area is 147 Å². The molecule has 2 aromatic carbocycles. The zero-order valence-electron chi connectivity index (χ0n) is 14.9. The first-order chi connectivity index (χ1) is 12.0. The second-order valence-electron chi connectivity index (χ2n) is 5.58. The van der Waals surface area contributed by atoms with Crippen molar-refractivity contribution in [2.24, 2.45) is 5.10 Å². The Morgan fingerprint density at radius 2 is 1.96 bits per heavy atom. The highest BCUT2D eigenvalue weighted by atomic mass is 16.5. The van der Waals surface area contributed by atoms with Crippen LogP contribution in [0.5, 0.6) is 11.5 Å². The second-order valence-corrected chi connectivity index (χ2v) is 5.58. The van der Waals surface area contributed by atoms with Crippen LogP contribution in [0.2, 0.25) is 0 Å². The molecule has 0 aromatic heterocycles. The molecule has 0 saturated heterocycles. The molecular weight excluding hydrogens is 318 g/mol. The van der Waals surface area contributed by atoms with E-state index < -0.39 is 6.04 Å². The molecule has 0 aliphatic heterocycles. The van der Waals surface area contributed by atoms with E-state index in [4.69, 9.17) is 9.47 Å². The van der Waals surface area contributed by atoms with Crippen LogP contribution in [-0.2, 0) is 4.79 Å². The van der Waals surface area contributed by atoms with E-state index in [1.165, 1.54) is 6.21 Å². The van der Waals surface area contributed by atoms with Crippen LogP contribution in [0.25, 0.3) is 0 Å². The van der Waals surface area contributed by atoms with E-state index in [1.54, 1.807) is 33.3 Å². The largest absolute Gasteiger partial charge is 0.497 e. The van der Waals surface area contributed by atoms with E-state index in [2.05, 4.69) is 15.8 Å². The predicted octanol–water partition coefficient (Wildman–Crippen LogP) is 2.96. The lowest BCUT2D eigenvalue weighted by Crippen LogP contribution is -2.34. The molecule has 0 radical (unpaired) electrons. The van der Waals surface area contributed by atoms with E-state index in [-0.39, 0.29) is 5.91 Å². The van der Waals surface area contributed by atoms with Crippen molar-refractivity contribution in [2.45, 2.75) is 19.9 Å². The summed E-state index contributed by atoms with van der Waals surface area (Å²) in [5.74, 6) is 1.07. The summed E-state index contributed by atoms with van der Waals surface area (Å²) in [6.45, 7) is 3.78. The van der Waals surface area contributed by atoms with Gasteiger partial charge in [-0.05, 0) is 43.7 Å². The van der Waals surface area contributed by atoms with Gasteiger partial charge in [0.05, 0.1) is 20.4 Å². The Bertz CT molecular complexity index is 759. The molecule has 0 bridgehead atoms. The van der Waals surface area contributed by atoms with Crippen molar-refractivity contribution in [3.05, 3.63) is 53.6 Å². The minimum absolute atomic E-state index is 0.231. The van der Waals surface area contributed by atoms with Gasteiger partial charge in [0.15, 0.2) is 0 Å². The molecule has 6 heteroatoms. The fourth-order valence-corrected chi connectivity index (χ4v) is 2.24. The number of nitrogens with zero attached hydrogens (tertiary/aromatic N) is 1. The average Bonchev–Trinajstić information content (AvgIpc) is 2.61. The van der Waals surface area contributed by atoms with E-state index in [0.29, 0.717) is 11.5 Å². The van der Waals surface area contributed by atoms with Crippen molar-refractivity contribution in [2.75, 3.05) is 19.5 Å². The van der Waals surface area contributed by atoms with Crippen molar-refractivity contribution >= 4 is 17.8 Å². The monoisotopic (exact) mass is 341 g/mol. The van der Waals surface area contributed by atoms with Crippen molar-refractivity contribution in [3.8, 4) is 11.5 Å². The molecular formula is C19H23N3O3. The number of hydrazone groups is 1. The standard InChI is InChI=1S/C19H23N3O3/c1-13-6-5-7-16(10-13)21-14(2)19(23)22-20-12-15-8-9-17(24-3)11-18(15)25-4/h5-12,14,21H,1-4H3,(H,22,23). The molecule has 1 unspecified atom stereocenters. The SMILES string of the molecule is COc1ccc(C=NNC(=O)C(C)Nc2cccc(C)c2)c(OC)c1. The van der Waals surface area contributed by atoms with Gasteiger partial charge in [-0.25, -0.2) is 5.43 Å². The maximum Gasteiger partial charge on any atom is 0.262 e. The highest BCUT2D eigenvalue weighted by Crippen LogP contribution is 2.23. The Kier molecular flexibility index (Phi) is 6.39. The zero-order chi connectivity index (χ0) is 18.2. The van der Waals surface area contributed by atoms with Crippen LogP contribution in [0.15, 0.2) is 47.6 Å². The number of carbonyl (C=O) groups is 1. The Hall–Kier alpha value is -3.02. The summed E-state index contributed by atoms with van der Waals surface area (Å²) in [6, 6.07) is 12.8. The molecule has 0 saturated carbocycles. The summed E-state index contributed by atoms with van der Waals surface area (Å²) in [6.07, 6.45) is 1.54. The van der Waals surface area contributed by atoms with Crippen LogP contribution >= 0.6 is 0 Å². The molecule has 2 rings (SSSR count). The highest BCUT2D eigenvalue weighted by Gasteiger charge is 2.11. The first-order valence-corrected chi connectivity index (χ1v) is 7.91. The van der Waals surface area contributed by atoms with Gasteiger partial charge in [0, 0.05) is 17.3 Å². The average molecular weight is 341 g/mol. The molecule has 6 nitrogen and oxygen atoms in total. The number of benzene rings is 2. The maximum absolute atomic E-state index is 12.1. The van der Waals surface area contributed by atoms with Crippen molar-refractivity contribution < 1.29 is 14.3 Å². The molecule has 1 amide bonds. The van der Waals surface area contributed by atoms with E-state index in [1.807, 2.05) is 37.3 Å². The summed E-state index contributed by atoms with van der Waals surface area (Å²) in [7, 11) is 3.16. The van der Waals surface area contributed by atoms with Gasteiger partial charge in [-0.1, -0.05) is 12.1 Å². The van der Waals surface area contributed by atoms with Crippen LogP contribution in [0.4, 0.5) is 5.69 Å². The zero-order valence-corrected chi connectivity index (χ0v) is 14.9. The number of methoxy groups -OCH3 is 2. The molecule has 2 N–H and O–H groups in total. The first-order valence-electron chi connectivity index (χ1n) is 7.91. The molecule has 132 valence electrons. The fraction of sp³-hybridized carbons (Fsp3) is 0.263. The van der Waals surface area contributed by atoms with Crippen LogP contribution in [0.3, 0.4) is 0 Å². The summed E-state index contributed by atoms with van der Waals surface area (Å²) < 4.78 is 10.4. The third-order valence-corrected chi connectivity index (χ3v) is 3.61. The second kappa shape index (κ2) is 8.73. The van der Waals surface area contributed by atoms with Crippen molar-refractivity contribution in [1.82, 2.24) is 5.43 Å². The highest BCUT2D eigenvalue weighted by molar-refractivity contribution is 5.87. The number of anilines is 1. The van der Waals surface area contributed by atoms with Crippen LogP contribution in [0, 0.1) is 6.92 Å². The number of carbonyl (C=O) groups excluding carboxylic acids is 1. The molecule has 0 spiro atoms. The molecule has 2 aromatic rings. The van der Waals surface area contributed by atoms with Gasteiger partial charge in [-0.3, -0.25) is 4.79 Å². The van der Waals surface area contributed by atoms with Gasteiger partial charge in [-0.15, -0.1) is 0 Å². The van der Waals surface area contributed by atoms with Gasteiger partial charge in [0.2, 0.25) is 0 Å². The number of ether oxygens (including phenoxy) is 2. The first kappa shape index (κ1) is 18.3. The van der Waals surface area contributed by atoms with Crippen LogP contribution in [0.1, 0.15) is 18.1 Å². The van der Waals surface area contributed by atoms with Gasteiger partial charge < -0.3 is 14.8 Å². The van der Waals surface area contributed by atoms with Crippen LogP contribution in [-0.4, -0.2) is 32.4 Å². The summed E-state index contributed by atoms with van der Waals surface area (Å²) in [5.41, 5.74) is 5.28.